The van der Waals surface area contributed by atoms with Crippen molar-refractivity contribution in [2.24, 2.45) is 0 Å². The van der Waals surface area contributed by atoms with Crippen molar-refractivity contribution >= 4 is 17.7 Å². The third kappa shape index (κ3) is 4.46. The zero-order chi connectivity index (χ0) is 18.5. The van der Waals surface area contributed by atoms with Gasteiger partial charge in [0.05, 0.1) is 13.5 Å². The van der Waals surface area contributed by atoms with Crippen molar-refractivity contribution in [2.45, 2.75) is 37.1 Å². The predicted octanol–water partition coefficient (Wildman–Crippen LogP) is 2.54. The lowest BCUT2D eigenvalue weighted by Gasteiger charge is -2.15. The smallest absolute Gasteiger partial charge is 0.255 e. The summed E-state index contributed by atoms with van der Waals surface area (Å²) in [5.74, 6) is 1.48. The molecular formula is C19H23N3O3S. The average molecular weight is 373 g/mol. The van der Waals surface area contributed by atoms with Gasteiger partial charge < -0.3 is 14.6 Å². The number of carbonyl (C=O) groups excluding carboxylic acids is 1. The first-order chi connectivity index (χ1) is 12.6. The van der Waals surface area contributed by atoms with Crippen molar-refractivity contribution in [1.82, 2.24) is 14.9 Å². The lowest BCUT2D eigenvalue weighted by molar-refractivity contribution is -0.129. The number of likely N-dealkylation sites (tertiary alicyclic amines) is 1. The number of amides is 1. The Hall–Kier alpha value is -2.28. The van der Waals surface area contributed by atoms with E-state index in [1.807, 2.05) is 29.2 Å². The summed E-state index contributed by atoms with van der Waals surface area (Å²) in [5.41, 5.74) is 1.95. The maximum Gasteiger partial charge on any atom is 0.255 e. The van der Waals surface area contributed by atoms with Gasteiger partial charge in [-0.1, -0.05) is 23.9 Å². The number of carbonyl (C=O) groups is 1. The van der Waals surface area contributed by atoms with Crippen LogP contribution in [0.2, 0.25) is 0 Å². The first kappa shape index (κ1) is 18.5. The molecule has 0 unspecified atom stereocenters. The van der Waals surface area contributed by atoms with Gasteiger partial charge in [-0.05, 0) is 37.5 Å². The van der Waals surface area contributed by atoms with Crippen molar-refractivity contribution in [3.63, 3.8) is 0 Å². The molecule has 1 aromatic carbocycles. The maximum absolute atomic E-state index is 12.4. The second kappa shape index (κ2) is 8.40. The molecular weight excluding hydrogens is 350 g/mol. The SMILES string of the molecule is COc1cccc(CSc2nc(C)c(CC(=O)N3CCCC3)c(=O)[nH]2)c1. The quantitative estimate of drug-likeness (QED) is 0.622. The zero-order valence-electron chi connectivity index (χ0n) is 15.1. The largest absolute Gasteiger partial charge is 0.497 e. The molecule has 0 saturated carbocycles. The molecule has 1 N–H and O–H groups in total. The summed E-state index contributed by atoms with van der Waals surface area (Å²) in [6.07, 6.45) is 2.20. The molecule has 1 fully saturated rings. The molecule has 26 heavy (non-hydrogen) atoms. The van der Waals surface area contributed by atoms with Crippen LogP contribution in [0.4, 0.5) is 0 Å². The van der Waals surface area contributed by atoms with E-state index in [1.54, 1.807) is 14.0 Å². The number of hydrogen-bond acceptors (Lipinski definition) is 5. The second-order valence-electron chi connectivity index (χ2n) is 6.34. The third-order valence-electron chi connectivity index (χ3n) is 4.50. The third-order valence-corrected chi connectivity index (χ3v) is 5.44. The van der Waals surface area contributed by atoms with Gasteiger partial charge >= 0.3 is 0 Å². The van der Waals surface area contributed by atoms with Gasteiger partial charge in [-0.15, -0.1) is 0 Å². The van der Waals surface area contributed by atoms with Crippen LogP contribution in [0.3, 0.4) is 0 Å². The highest BCUT2D eigenvalue weighted by atomic mass is 32.2. The van der Waals surface area contributed by atoms with Crippen LogP contribution in [0.5, 0.6) is 5.75 Å². The highest BCUT2D eigenvalue weighted by molar-refractivity contribution is 7.98. The number of benzene rings is 1. The molecule has 138 valence electrons. The number of hydrogen-bond donors (Lipinski definition) is 1. The summed E-state index contributed by atoms with van der Waals surface area (Å²) in [6, 6.07) is 7.79. The van der Waals surface area contributed by atoms with Crippen molar-refractivity contribution < 1.29 is 9.53 Å². The van der Waals surface area contributed by atoms with Gasteiger partial charge in [-0.2, -0.15) is 0 Å². The molecule has 1 aromatic heterocycles. The molecule has 1 amide bonds. The van der Waals surface area contributed by atoms with Crippen molar-refractivity contribution in [2.75, 3.05) is 20.2 Å². The van der Waals surface area contributed by atoms with Gasteiger partial charge in [0.15, 0.2) is 5.16 Å². The Labute approximate surface area is 157 Å². The predicted molar refractivity (Wildman–Crippen MR) is 102 cm³/mol. The standard InChI is InChI=1S/C19H23N3O3S/c1-13-16(11-17(23)22-8-3-4-9-22)18(24)21-19(20-13)26-12-14-6-5-7-15(10-14)25-2/h5-7,10H,3-4,8-9,11-12H2,1-2H3,(H,20,21,24). The van der Waals surface area contributed by atoms with Gasteiger partial charge in [-0.3, -0.25) is 9.59 Å². The Kier molecular flexibility index (Phi) is 5.98. The molecule has 3 rings (SSSR count). The van der Waals surface area contributed by atoms with Crippen LogP contribution in [0.25, 0.3) is 0 Å². The Bertz CT molecular complexity index is 844. The summed E-state index contributed by atoms with van der Waals surface area (Å²) in [7, 11) is 1.64. The number of nitrogens with zero attached hydrogens (tertiary/aromatic N) is 2. The van der Waals surface area contributed by atoms with E-state index in [0.717, 1.165) is 37.2 Å². The molecule has 0 spiro atoms. The number of nitrogens with one attached hydrogen (secondary N) is 1. The minimum Gasteiger partial charge on any atom is -0.497 e. The molecule has 6 nitrogen and oxygen atoms in total. The van der Waals surface area contributed by atoms with Gasteiger partial charge in [0.1, 0.15) is 5.75 Å². The molecule has 7 heteroatoms. The number of aromatic nitrogens is 2. The fraction of sp³-hybridized carbons (Fsp3) is 0.421. The fourth-order valence-corrected chi connectivity index (χ4v) is 3.85. The molecule has 1 aliphatic rings. The Morgan fingerprint density at radius 3 is 2.81 bits per heavy atom. The van der Waals surface area contributed by atoms with Gasteiger partial charge in [0, 0.05) is 30.1 Å². The van der Waals surface area contributed by atoms with Gasteiger partial charge in [0.2, 0.25) is 5.91 Å². The normalized spacial score (nSPS) is 13.8. The van der Waals surface area contributed by atoms with Gasteiger partial charge in [-0.25, -0.2) is 4.98 Å². The van der Waals surface area contributed by atoms with Crippen LogP contribution in [0.1, 0.15) is 29.7 Å². The van der Waals surface area contributed by atoms with E-state index in [-0.39, 0.29) is 17.9 Å². The first-order valence-corrected chi connectivity index (χ1v) is 9.68. The number of H-pyrrole nitrogens is 1. The van der Waals surface area contributed by atoms with Crippen molar-refractivity contribution in [1.29, 1.82) is 0 Å². The summed E-state index contributed by atoms with van der Waals surface area (Å²) < 4.78 is 5.22. The second-order valence-corrected chi connectivity index (χ2v) is 7.30. The van der Waals surface area contributed by atoms with Crippen LogP contribution in [0, 0.1) is 6.92 Å². The van der Waals surface area contributed by atoms with E-state index < -0.39 is 0 Å². The summed E-state index contributed by atoms with van der Waals surface area (Å²) in [6.45, 7) is 3.37. The topological polar surface area (TPSA) is 75.3 Å². The molecule has 0 atom stereocenters. The fourth-order valence-electron chi connectivity index (χ4n) is 3.00. The maximum atomic E-state index is 12.4. The Morgan fingerprint density at radius 2 is 2.12 bits per heavy atom. The minimum atomic E-state index is -0.224. The number of rotatable bonds is 6. The minimum absolute atomic E-state index is 0.00897. The molecule has 1 aliphatic heterocycles. The number of methoxy groups -OCH3 is 1. The lowest BCUT2D eigenvalue weighted by atomic mass is 10.1. The van der Waals surface area contributed by atoms with Crippen molar-refractivity contribution in [3.8, 4) is 5.75 Å². The van der Waals surface area contributed by atoms with E-state index in [4.69, 9.17) is 4.74 Å². The molecule has 0 bridgehead atoms. The van der Waals surface area contributed by atoms with Crippen LogP contribution in [-0.4, -0.2) is 41.0 Å². The van der Waals surface area contributed by atoms with E-state index in [0.29, 0.717) is 22.2 Å². The monoisotopic (exact) mass is 373 g/mol. The van der Waals surface area contributed by atoms with Crippen LogP contribution in [-0.2, 0) is 17.0 Å². The van der Waals surface area contributed by atoms with Gasteiger partial charge in [0.25, 0.3) is 5.56 Å². The highest BCUT2D eigenvalue weighted by Gasteiger charge is 2.20. The zero-order valence-corrected chi connectivity index (χ0v) is 15.9. The van der Waals surface area contributed by atoms with E-state index >= 15 is 0 Å². The first-order valence-electron chi connectivity index (χ1n) is 8.70. The van der Waals surface area contributed by atoms with E-state index in [2.05, 4.69) is 9.97 Å². The Morgan fingerprint density at radius 1 is 1.35 bits per heavy atom. The van der Waals surface area contributed by atoms with Crippen LogP contribution in [0.15, 0.2) is 34.2 Å². The number of ether oxygens (including phenoxy) is 1. The summed E-state index contributed by atoms with van der Waals surface area (Å²) >= 11 is 1.46. The molecule has 2 aromatic rings. The highest BCUT2D eigenvalue weighted by Crippen LogP contribution is 2.22. The average Bonchev–Trinajstić information content (AvgIpc) is 3.18. The molecule has 0 radical (unpaired) electrons. The number of thioether (sulfide) groups is 1. The lowest BCUT2D eigenvalue weighted by Crippen LogP contribution is -2.31. The van der Waals surface area contributed by atoms with E-state index in [1.165, 1.54) is 11.8 Å². The Balaban J connectivity index is 1.68. The number of aryl methyl sites for hydroxylation is 1. The molecule has 2 heterocycles. The number of aromatic amines is 1. The van der Waals surface area contributed by atoms with Crippen molar-refractivity contribution in [3.05, 3.63) is 51.4 Å². The summed E-state index contributed by atoms with van der Waals surface area (Å²) in [4.78, 5) is 33.8. The molecule has 0 aliphatic carbocycles. The summed E-state index contributed by atoms with van der Waals surface area (Å²) in [5, 5.41) is 0.563. The van der Waals surface area contributed by atoms with E-state index in [9.17, 15) is 9.59 Å². The molecule has 1 saturated heterocycles. The van der Waals surface area contributed by atoms with Crippen LogP contribution >= 0.6 is 11.8 Å². The van der Waals surface area contributed by atoms with Crippen LogP contribution < -0.4 is 10.3 Å².